The van der Waals surface area contributed by atoms with Crippen molar-refractivity contribution in [2.75, 3.05) is 0 Å². The second kappa shape index (κ2) is 16.8. The Hall–Kier alpha value is -8.65. The first-order chi connectivity index (χ1) is 32.8. The van der Waals surface area contributed by atoms with Crippen molar-refractivity contribution in [3.63, 3.8) is 0 Å². The molecule has 0 aliphatic rings. The van der Waals surface area contributed by atoms with Gasteiger partial charge in [0.15, 0.2) is 0 Å². The Bertz CT molecular complexity index is 3630. The van der Waals surface area contributed by atoms with Crippen LogP contribution in [0.4, 0.5) is 0 Å². The van der Waals surface area contributed by atoms with Gasteiger partial charge in [-0.3, -0.25) is 4.98 Å². The van der Waals surface area contributed by atoms with E-state index in [0.717, 1.165) is 11.1 Å². The molecule has 0 saturated heterocycles. The van der Waals surface area contributed by atoms with E-state index in [4.69, 9.17) is 4.98 Å². The molecule has 0 spiro atoms. The molecule has 308 valence electrons. The maximum atomic E-state index is 5.02. The van der Waals surface area contributed by atoms with Gasteiger partial charge in [0.2, 0.25) is 0 Å². The third-order valence-corrected chi connectivity index (χ3v) is 13.1. The molecule has 0 aliphatic heterocycles. The van der Waals surface area contributed by atoms with Crippen molar-refractivity contribution in [2.45, 2.75) is 0 Å². The number of pyridine rings is 1. The van der Waals surface area contributed by atoms with E-state index in [0.29, 0.717) is 0 Å². The summed E-state index contributed by atoms with van der Waals surface area (Å²) in [6.07, 6.45) is 2.00. The van der Waals surface area contributed by atoms with Crippen LogP contribution in [0, 0.1) is 0 Å². The Balaban J connectivity index is 0.988. The molecule has 11 aromatic carbocycles. The molecular weight excluding hydrogens is 795 g/mol. The number of aromatic nitrogens is 1. The first-order valence-corrected chi connectivity index (χ1v) is 22.7. The molecule has 0 aliphatic carbocycles. The third-order valence-electron chi connectivity index (χ3n) is 13.1. The van der Waals surface area contributed by atoms with Crippen LogP contribution in [0.5, 0.6) is 0 Å². The van der Waals surface area contributed by atoms with Gasteiger partial charge in [0.25, 0.3) is 0 Å². The molecule has 12 rings (SSSR count). The lowest BCUT2D eigenvalue weighted by Gasteiger charge is -2.24. The molecule has 1 nitrogen and oxygen atoms in total. The normalized spacial score (nSPS) is 11.3. The van der Waals surface area contributed by atoms with Crippen molar-refractivity contribution >= 4 is 32.3 Å². The molecule has 1 aromatic heterocycles. The summed E-state index contributed by atoms with van der Waals surface area (Å²) in [5.74, 6) is 0. The summed E-state index contributed by atoms with van der Waals surface area (Å²) < 4.78 is 0. The number of fused-ring (bicyclic) bond motifs is 3. The maximum Gasteiger partial charge on any atom is 0.0720 e. The molecule has 12 aromatic rings. The fraction of sp³-hybridized carbons (Fsp3) is 0. The molecule has 1 heterocycles. The molecule has 0 amide bonds. The minimum atomic E-state index is 0.988. The summed E-state index contributed by atoms with van der Waals surface area (Å²) in [4.78, 5) is 5.02. The van der Waals surface area contributed by atoms with E-state index in [1.165, 1.54) is 110 Å². The van der Waals surface area contributed by atoms with Crippen LogP contribution in [-0.2, 0) is 0 Å². The van der Waals surface area contributed by atoms with Gasteiger partial charge in [-0.05, 0) is 117 Å². The molecule has 0 N–H and O–H groups in total. The molecule has 0 radical (unpaired) electrons. The summed E-state index contributed by atoms with van der Waals surface area (Å²) in [6.45, 7) is 0. The van der Waals surface area contributed by atoms with Crippen LogP contribution < -0.4 is 0 Å². The van der Waals surface area contributed by atoms with E-state index < -0.39 is 0 Å². The van der Waals surface area contributed by atoms with E-state index in [-0.39, 0.29) is 0 Å². The van der Waals surface area contributed by atoms with Crippen LogP contribution in [0.25, 0.3) is 121 Å². The van der Waals surface area contributed by atoms with Crippen molar-refractivity contribution < 1.29 is 0 Å². The van der Waals surface area contributed by atoms with Crippen molar-refractivity contribution in [2.24, 2.45) is 0 Å². The van der Waals surface area contributed by atoms with Crippen molar-refractivity contribution in [1.29, 1.82) is 0 Å². The lowest BCUT2D eigenvalue weighted by atomic mass is 9.79. The zero-order valence-corrected chi connectivity index (χ0v) is 36.3. The van der Waals surface area contributed by atoms with E-state index >= 15 is 0 Å². The van der Waals surface area contributed by atoms with Gasteiger partial charge in [-0.25, -0.2) is 0 Å². The Morgan fingerprint density at radius 3 is 1.03 bits per heavy atom. The van der Waals surface area contributed by atoms with E-state index in [2.05, 4.69) is 255 Å². The summed E-state index contributed by atoms with van der Waals surface area (Å²) in [7, 11) is 0. The maximum absolute atomic E-state index is 5.02. The smallest absolute Gasteiger partial charge is 0.0720 e. The van der Waals surface area contributed by atoms with E-state index in [1.54, 1.807) is 0 Å². The molecule has 1 heteroatoms. The Morgan fingerprint density at radius 2 is 0.545 bits per heavy atom. The first kappa shape index (κ1) is 39.0. The Kier molecular flexibility index (Phi) is 9.93. The second-order valence-electron chi connectivity index (χ2n) is 17.0. The summed E-state index contributed by atoms with van der Waals surface area (Å²) >= 11 is 0. The average Bonchev–Trinajstić information content (AvgIpc) is 3.40. The average molecular weight is 838 g/mol. The third kappa shape index (κ3) is 6.95. The predicted molar refractivity (Wildman–Crippen MR) is 280 cm³/mol. The highest BCUT2D eigenvalue weighted by Gasteiger charge is 2.24. The van der Waals surface area contributed by atoms with Gasteiger partial charge < -0.3 is 0 Å². The molecule has 0 bridgehead atoms. The fourth-order valence-electron chi connectivity index (χ4n) is 10.1. The number of hydrogen-bond donors (Lipinski definition) is 0. The second-order valence-corrected chi connectivity index (χ2v) is 17.0. The van der Waals surface area contributed by atoms with Crippen LogP contribution in [0.2, 0.25) is 0 Å². The zero-order valence-electron chi connectivity index (χ0n) is 36.3. The monoisotopic (exact) mass is 837 g/mol. The Labute approximate surface area is 385 Å². The van der Waals surface area contributed by atoms with Crippen LogP contribution in [-0.4, -0.2) is 4.98 Å². The van der Waals surface area contributed by atoms with Crippen LogP contribution in [0.3, 0.4) is 0 Å². The van der Waals surface area contributed by atoms with Crippen molar-refractivity contribution in [3.05, 3.63) is 261 Å². The van der Waals surface area contributed by atoms with Gasteiger partial charge in [-0.15, -0.1) is 0 Å². The molecule has 66 heavy (non-hydrogen) atoms. The lowest BCUT2D eigenvalue weighted by molar-refractivity contribution is 1.37. The molecule has 0 fully saturated rings. The zero-order chi connectivity index (χ0) is 43.8. The van der Waals surface area contributed by atoms with E-state index in [9.17, 15) is 0 Å². The molecule has 0 atom stereocenters. The van der Waals surface area contributed by atoms with Crippen molar-refractivity contribution in [3.8, 4) is 89.1 Å². The highest BCUT2D eigenvalue weighted by molar-refractivity contribution is 6.21. The quantitative estimate of drug-likeness (QED) is 0.139. The highest BCUT2D eigenvalue weighted by Crippen LogP contribution is 2.51. The summed E-state index contributed by atoms with van der Waals surface area (Å²) in [5, 5.41) is 7.17. The summed E-state index contributed by atoms with van der Waals surface area (Å²) in [6, 6.07) is 92.5. The predicted octanol–water partition coefficient (Wildman–Crippen LogP) is 17.9. The minimum Gasteiger partial charge on any atom is -0.256 e. The van der Waals surface area contributed by atoms with Crippen LogP contribution >= 0.6 is 0 Å². The first-order valence-electron chi connectivity index (χ1n) is 22.7. The number of hydrogen-bond acceptors (Lipinski definition) is 1. The largest absolute Gasteiger partial charge is 0.256 e. The minimum absolute atomic E-state index is 0.988. The van der Waals surface area contributed by atoms with Gasteiger partial charge in [0, 0.05) is 17.1 Å². The van der Waals surface area contributed by atoms with E-state index in [1.807, 2.05) is 6.20 Å². The van der Waals surface area contributed by atoms with Crippen molar-refractivity contribution in [1.82, 2.24) is 4.98 Å². The van der Waals surface area contributed by atoms with Gasteiger partial charge in [0.1, 0.15) is 0 Å². The number of rotatable bonds is 8. The lowest BCUT2D eigenvalue weighted by Crippen LogP contribution is -1.98. The molecule has 0 unspecified atom stereocenters. The van der Waals surface area contributed by atoms with Crippen LogP contribution in [0.15, 0.2) is 261 Å². The van der Waals surface area contributed by atoms with Gasteiger partial charge >= 0.3 is 0 Å². The standard InChI is InChI=1S/C65H43N/c1-5-19-46(20-6-1)58-42-59(63(49-23-9-3-10-24-49)64(50-25-11-4-12-26-50)62(58)48-21-7-2-8-22-48)47-37-33-44(34-38-47)45-35-39-51(40-36-45)61-54-29-15-17-31-56(54)65(57-32-18-16-30-55(57)61)60-41-52-27-13-14-28-53(52)43-66-60/h1-43H. The SMILES string of the molecule is c1ccc(-c2cc(-c3ccc(-c4ccc(-c5c6ccccc6c(-c6cc7ccccc7cn6)c6ccccc56)cc4)cc3)c(-c3ccccc3)c(-c3ccccc3)c2-c2ccccc2)cc1. The highest BCUT2D eigenvalue weighted by atomic mass is 14.7. The Morgan fingerprint density at radius 1 is 0.212 bits per heavy atom. The van der Waals surface area contributed by atoms with Gasteiger partial charge in [-0.2, -0.15) is 0 Å². The number of nitrogens with zero attached hydrogens (tertiary/aromatic N) is 1. The topological polar surface area (TPSA) is 12.9 Å². The van der Waals surface area contributed by atoms with Gasteiger partial charge in [-0.1, -0.05) is 243 Å². The number of benzene rings is 11. The summed E-state index contributed by atoms with van der Waals surface area (Å²) in [5.41, 5.74) is 18.9. The molecular formula is C65H43N. The van der Waals surface area contributed by atoms with Crippen LogP contribution in [0.1, 0.15) is 0 Å². The van der Waals surface area contributed by atoms with Gasteiger partial charge in [0.05, 0.1) is 5.69 Å². The molecule has 0 saturated carbocycles. The fourth-order valence-corrected chi connectivity index (χ4v) is 10.1.